The fraction of sp³-hybridized carbons (Fsp3) is 0.320. The number of fused-ring (bicyclic) bond motifs is 1. The van der Waals surface area contributed by atoms with Gasteiger partial charge in [0.15, 0.2) is 11.5 Å². The van der Waals surface area contributed by atoms with Crippen LogP contribution in [0, 0.1) is 0 Å². The minimum atomic E-state index is -0.109. The molecule has 1 N–H and O–H groups in total. The Morgan fingerprint density at radius 3 is 2.60 bits per heavy atom. The van der Waals surface area contributed by atoms with Crippen molar-refractivity contribution in [2.24, 2.45) is 0 Å². The van der Waals surface area contributed by atoms with Crippen LogP contribution in [0.2, 0.25) is 0 Å². The topological polar surface area (TPSA) is 47.6 Å². The number of nitrogens with one attached hydrogen (secondary N) is 1. The average molecular weight is 422 g/mol. The number of hydrogen-bond acceptors (Lipinski definition) is 4. The van der Waals surface area contributed by atoms with E-state index in [0.717, 1.165) is 47.6 Å². The molecule has 0 fully saturated rings. The molecule has 0 saturated carbocycles. The quantitative estimate of drug-likeness (QED) is 0.542. The van der Waals surface area contributed by atoms with Crippen molar-refractivity contribution in [2.45, 2.75) is 38.6 Å². The Bertz CT molecular complexity index is 983. The van der Waals surface area contributed by atoms with Crippen LogP contribution < -0.4 is 14.8 Å². The molecular weight excluding hydrogens is 394 g/mol. The van der Waals surface area contributed by atoms with Crippen molar-refractivity contribution in [2.75, 3.05) is 13.2 Å². The SMILES string of the molecule is CCc1ccc(C(=O)NC(CCc2ccccc2)c2ccc3c(c2)OCCCO3)s1. The van der Waals surface area contributed by atoms with Crippen molar-refractivity contribution in [3.05, 3.63) is 81.5 Å². The number of amides is 1. The van der Waals surface area contributed by atoms with Gasteiger partial charge in [-0.15, -0.1) is 11.3 Å². The van der Waals surface area contributed by atoms with Crippen LogP contribution in [0.4, 0.5) is 0 Å². The molecule has 0 spiro atoms. The van der Waals surface area contributed by atoms with E-state index in [4.69, 9.17) is 9.47 Å². The Balaban J connectivity index is 1.56. The monoisotopic (exact) mass is 421 g/mol. The second-order valence-corrected chi connectivity index (χ2v) is 8.59. The Hall–Kier alpha value is -2.79. The van der Waals surface area contributed by atoms with Crippen molar-refractivity contribution in [3.63, 3.8) is 0 Å². The van der Waals surface area contributed by atoms with Gasteiger partial charge in [-0.1, -0.05) is 43.3 Å². The Morgan fingerprint density at radius 1 is 1.03 bits per heavy atom. The van der Waals surface area contributed by atoms with E-state index >= 15 is 0 Å². The molecule has 0 radical (unpaired) electrons. The van der Waals surface area contributed by atoms with E-state index in [9.17, 15) is 4.79 Å². The lowest BCUT2D eigenvalue weighted by Gasteiger charge is -2.20. The third kappa shape index (κ3) is 5.03. The Morgan fingerprint density at radius 2 is 1.83 bits per heavy atom. The van der Waals surface area contributed by atoms with E-state index in [0.29, 0.717) is 13.2 Å². The second-order valence-electron chi connectivity index (χ2n) is 7.43. The van der Waals surface area contributed by atoms with Gasteiger partial charge in [-0.05, 0) is 54.7 Å². The summed E-state index contributed by atoms with van der Waals surface area (Å²) in [6.45, 7) is 3.42. The van der Waals surface area contributed by atoms with E-state index in [1.54, 1.807) is 11.3 Å². The van der Waals surface area contributed by atoms with E-state index in [-0.39, 0.29) is 11.9 Å². The van der Waals surface area contributed by atoms with Gasteiger partial charge in [0.25, 0.3) is 5.91 Å². The van der Waals surface area contributed by atoms with Gasteiger partial charge in [0.05, 0.1) is 24.1 Å². The molecule has 2 aromatic carbocycles. The summed E-state index contributed by atoms with van der Waals surface area (Å²) in [6, 6.07) is 20.2. The van der Waals surface area contributed by atoms with Crippen LogP contribution in [0.5, 0.6) is 11.5 Å². The molecule has 4 rings (SSSR count). The predicted molar refractivity (Wildman–Crippen MR) is 121 cm³/mol. The smallest absolute Gasteiger partial charge is 0.261 e. The van der Waals surface area contributed by atoms with E-state index in [2.05, 4.69) is 36.5 Å². The van der Waals surface area contributed by atoms with Crippen LogP contribution in [0.3, 0.4) is 0 Å². The first-order valence-corrected chi connectivity index (χ1v) is 11.4. The van der Waals surface area contributed by atoms with Gasteiger partial charge in [-0.25, -0.2) is 0 Å². The van der Waals surface area contributed by atoms with Crippen molar-refractivity contribution in [3.8, 4) is 11.5 Å². The molecule has 30 heavy (non-hydrogen) atoms. The summed E-state index contributed by atoms with van der Waals surface area (Å²) in [5, 5.41) is 3.25. The van der Waals surface area contributed by atoms with Crippen LogP contribution in [0.15, 0.2) is 60.7 Å². The van der Waals surface area contributed by atoms with Gasteiger partial charge in [0.1, 0.15) is 0 Å². The number of carbonyl (C=O) groups excluding carboxylic acids is 1. The first-order chi connectivity index (χ1) is 14.7. The third-order valence-electron chi connectivity index (χ3n) is 5.28. The average Bonchev–Trinajstić information content (AvgIpc) is 3.15. The van der Waals surface area contributed by atoms with E-state index in [1.807, 2.05) is 36.4 Å². The number of thiophene rings is 1. The molecule has 2 heterocycles. The van der Waals surface area contributed by atoms with Gasteiger partial charge >= 0.3 is 0 Å². The molecular formula is C25H27NO3S. The molecule has 4 nitrogen and oxygen atoms in total. The van der Waals surface area contributed by atoms with E-state index in [1.165, 1.54) is 10.4 Å². The first-order valence-electron chi connectivity index (χ1n) is 10.6. The standard InChI is InChI=1S/C25H27NO3S/c1-2-20-11-14-24(30-20)25(27)26-21(12-9-18-7-4-3-5-8-18)19-10-13-22-23(17-19)29-16-6-15-28-22/h3-5,7-8,10-11,13-14,17,21H,2,6,9,12,15-16H2,1H3,(H,26,27). The lowest BCUT2D eigenvalue weighted by Crippen LogP contribution is -2.28. The van der Waals surface area contributed by atoms with E-state index < -0.39 is 0 Å². The highest BCUT2D eigenvalue weighted by Crippen LogP contribution is 2.33. The van der Waals surface area contributed by atoms with Gasteiger partial charge in [0, 0.05) is 11.3 Å². The van der Waals surface area contributed by atoms with Crippen molar-refractivity contribution in [1.29, 1.82) is 0 Å². The zero-order valence-electron chi connectivity index (χ0n) is 17.2. The predicted octanol–water partition coefficient (Wildman–Crippen LogP) is 5.58. The van der Waals surface area contributed by atoms with Crippen molar-refractivity contribution in [1.82, 2.24) is 5.32 Å². The van der Waals surface area contributed by atoms with Crippen LogP contribution in [0.1, 0.15) is 51.5 Å². The summed E-state index contributed by atoms with van der Waals surface area (Å²) in [4.78, 5) is 14.9. The highest BCUT2D eigenvalue weighted by molar-refractivity contribution is 7.14. The van der Waals surface area contributed by atoms with Crippen molar-refractivity contribution >= 4 is 17.2 Å². The molecule has 1 amide bonds. The molecule has 1 aliphatic heterocycles. The summed E-state index contributed by atoms with van der Waals surface area (Å²) in [5.74, 6) is 1.51. The highest BCUT2D eigenvalue weighted by Gasteiger charge is 2.20. The molecule has 1 aliphatic rings. The number of benzene rings is 2. The number of carbonyl (C=O) groups is 1. The summed E-state index contributed by atoms with van der Waals surface area (Å²) < 4.78 is 11.6. The van der Waals surface area contributed by atoms with Crippen LogP contribution in [-0.4, -0.2) is 19.1 Å². The fourth-order valence-electron chi connectivity index (χ4n) is 3.59. The normalized spacial score (nSPS) is 14.0. The largest absolute Gasteiger partial charge is 0.490 e. The molecule has 156 valence electrons. The highest BCUT2D eigenvalue weighted by atomic mass is 32.1. The molecule has 1 unspecified atom stereocenters. The minimum absolute atomic E-state index is 0.0233. The van der Waals surface area contributed by atoms with Gasteiger partial charge in [0.2, 0.25) is 0 Å². The zero-order chi connectivity index (χ0) is 20.8. The molecule has 1 atom stereocenters. The Kier molecular flexibility index (Phi) is 6.70. The summed E-state index contributed by atoms with van der Waals surface area (Å²) in [5.41, 5.74) is 2.30. The number of hydrogen-bond donors (Lipinski definition) is 1. The summed E-state index contributed by atoms with van der Waals surface area (Å²) in [7, 11) is 0. The maximum Gasteiger partial charge on any atom is 0.261 e. The van der Waals surface area contributed by atoms with Gasteiger partial charge < -0.3 is 14.8 Å². The molecule has 5 heteroatoms. The van der Waals surface area contributed by atoms with Gasteiger partial charge in [-0.3, -0.25) is 4.79 Å². The summed E-state index contributed by atoms with van der Waals surface area (Å²) in [6.07, 6.45) is 3.50. The molecule has 3 aromatic rings. The van der Waals surface area contributed by atoms with Crippen LogP contribution in [0.25, 0.3) is 0 Å². The third-order valence-corrected chi connectivity index (χ3v) is 6.51. The maximum absolute atomic E-state index is 13.0. The molecule has 0 bridgehead atoms. The minimum Gasteiger partial charge on any atom is -0.490 e. The number of aryl methyl sites for hydroxylation is 2. The molecule has 1 aromatic heterocycles. The van der Waals surface area contributed by atoms with Crippen molar-refractivity contribution < 1.29 is 14.3 Å². The first kappa shape index (κ1) is 20.5. The number of ether oxygens (including phenoxy) is 2. The zero-order valence-corrected chi connectivity index (χ0v) is 18.0. The maximum atomic E-state index is 13.0. The summed E-state index contributed by atoms with van der Waals surface area (Å²) >= 11 is 1.56. The van der Waals surface area contributed by atoms with Crippen LogP contribution in [-0.2, 0) is 12.8 Å². The van der Waals surface area contributed by atoms with Gasteiger partial charge in [-0.2, -0.15) is 0 Å². The molecule has 0 aliphatic carbocycles. The fourth-order valence-corrected chi connectivity index (χ4v) is 4.44. The van der Waals surface area contributed by atoms with Crippen LogP contribution >= 0.6 is 11.3 Å². The number of rotatable bonds is 7. The lowest BCUT2D eigenvalue weighted by molar-refractivity contribution is 0.0938. The molecule has 0 saturated heterocycles. The Labute approximate surface area is 181 Å². The lowest BCUT2D eigenvalue weighted by atomic mass is 9.98. The second kappa shape index (κ2) is 9.81.